The van der Waals surface area contributed by atoms with Gasteiger partial charge >= 0.3 is 0 Å². The summed E-state index contributed by atoms with van der Waals surface area (Å²) in [5, 5.41) is 0.638. The van der Waals surface area contributed by atoms with E-state index in [2.05, 4.69) is 15.0 Å². The van der Waals surface area contributed by atoms with Gasteiger partial charge in [0.1, 0.15) is 0 Å². The number of aromatic amines is 1. The first kappa shape index (κ1) is 10.7. The summed E-state index contributed by atoms with van der Waals surface area (Å²) in [6.07, 6.45) is 4.91. The van der Waals surface area contributed by atoms with Crippen LogP contribution in [0.3, 0.4) is 0 Å². The van der Waals surface area contributed by atoms with Gasteiger partial charge in [0.25, 0.3) is 5.56 Å². The topological polar surface area (TPSA) is 63.6 Å². The van der Waals surface area contributed by atoms with Crippen LogP contribution < -0.4 is 5.56 Å². The Morgan fingerprint density at radius 1 is 1.33 bits per heavy atom. The molecule has 0 unspecified atom stereocenters. The van der Waals surface area contributed by atoms with E-state index in [9.17, 15) is 4.79 Å². The molecule has 5 nitrogen and oxygen atoms in total. The van der Waals surface area contributed by atoms with Crippen LogP contribution in [0.15, 0.2) is 35.6 Å². The lowest BCUT2D eigenvalue weighted by atomic mass is 10.2. The molecule has 0 spiro atoms. The zero-order valence-corrected chi connectivity index (χ0v) is 10.1. The van der Waals surface area contributed by atoms with E-state index in [1.165, 1.54) is 6.33 Å². The molecule has 18 heavy (non-hydrogen) atoms. The Labute approximate surface area is 103 Å². The number of hydrogen-bond donors (Lipinski definition) is 1. The van der Waals surface area contributed by atoms with Crippen LogP contribution in [0.4, 0.5) is 0 Å². The van der Waals surface area contributed by atoms with E-state index in [1.807, 2.05) is 30.5 Å². The average Bonchev–Trinajstić information content (AvgIpc) is 2.64. The van der Waals surface area contributed by atoms with Gasteiger partial charge in [-0.1, -0.05) is 0 Å². The molecule has 3 heterocycles. The van der Waals surface area contributed by atoms with Gasteiger partial charge in [0.15, 0.2) is 5.65 Å². The van der Waals surface area contributed by atoms with Gasteiger partial charge in [0.05, 0.1) is 23.6 Å². The van der Waals surface area contributed by atoms with Crippen LogP contribution in [-0.2, 0) is 0 Å². The van der Waals surface area contributed by atoms with E-state index < -0.39 is 0 Å². The fraction of sp³-hybridized carbons (Fsp3) is 0.154. The maximum Gasteiger partial charge on any atom is 0.260 e. The third-order valence-corrected chi connectivity index (χ3v) is 3.20. The van der Waals surface area contributed by atoms with Crippen molar-refractivity contribution in [2.24, 2.45) is 0 Å². The quantitative estimate of drug-likeness (QED) is 0.704. The maximum atomic E-state index is 11.9. The standard InChI is InChI=1S/C13H12N4O/c1-8-9(2)17(10-4-3-5-14-6-10)12-11(8)13(18)16-7-15-12/h3-7H,1-2H3,(H,15,16,18). The molecule has 0 amide bonds. The molecule has 0 aliphatic carbocycles. The number of H-pyrrole nitrogens is 1. The largest absolute Gasteiger partial charge is 0.312 e. The summed E-state index contributed by atoms with van der Waals surface area (Å²) in [7, 11) is 0. The van der Waals surface area contributed by atoms with Crippen molar-refractivity contribution in [1.29, 1.82) is 0 Å². The van der Waals surface area contributed by atoms with E-state index in [1.54, 1.807) is 12.4 Å². The number of aryl methyl sites for hydroxylation is 1. The molecular weight excluding hydrogens is 228 g/mol. The molecule has 0 fully saturated rings. The van der Waals surface area contributed by atoms with Crippen molar-refractivity contribution in [3.05, 3.63) is 52.5 Å². The number of nitrogens with zero attached hydrogens (tertiary/aromatic N) is 3. The molecule has 0 aliphatic rings. The maximum absolute atomic E-state index is 11.9. The minimum Gasteiger partial charge on any atom is -0.312 e. The fourth-order valence-corrected chi connectivity index (χ4v) is 2.21. The van der Waals surface area contributed by atoms with Crippen molar-refractivity contribution < 1.29 is 0 Å². The highest BCUT2D eigenvalue weighted by molar-refractivity contribution is 5.82. The SMILES string of the molecule is Cc1c(C)n(-c2cccnc2)c2nc[nH]c(=O)c12. The normalized spacial score (nSPS) is 11.0. The molecule has 3 aromatic heterocycles. The molecule has 0 radical (unpaired) electrons. The Kier molecular flexibility index (Phi) is 2.26. The minimum atomic E-state index is -0.108. The molecule has 0 atom stereocenters. The van der Waals surface area contributed by atoms with Gasteiger partial charge in [-0.05, 0) is 31.5 Å². The van der Waals surface area contributed by atoms with Crippen LogP contribution in [0.5, 0.6) is 0 Å². The molecule has 0 saturated carbocycles. The molecule has 90 valence electrons. The Morgan fingerprint density at radius 2 is 2.17 bits per heavy atom. The summed E-state index contributed by atoms with van der Waals surface area (Å²) in [6.45, 7) is 3.91. The molecule has 0 bridgehead atoms. The predicted octanol–water partition coefficient (Wildman–Crippen LogP) is 1.73. The average molecular weight is 240 g/mol. The summed E-state index contributed by atoms with van der Waals surface area (Å²) in [4.78, 5) is 22.9. The van der Waals surface area contributed by atoms with Gasteiger partial charge in [0.2, 0.25) is 0 Å². The zero-order valence-electron chi connectivity index (χ0n) is 10.1. The summed E-state index contributed by atoms with van der Waals surface area (Å²) in [5.41, 5.74) is 3.42. The fourth-order valence-electron chi connectivity index (χ4n) is 2.21. The van der Waals surface area contributed by atoms with Gasteiger partial charge < -0.3 is 4.98 Å². The lowest BCUT2D eigenvalue weighted by Crippen LogP contribution is -2.07. The molecular formula is C13H12N4O. The highest BCUT2D eigenvalue weighted by Gasteiger charge is 2.15. The second-order valence-corrected chi connectivity index (χ2v) is 4.19. The molecule has 1 N–H and O–H groups in total. The van der Waals surface area contributed by atoms with Crippen molar-refractivity contribution in [2.75, 3.05) is 0 Å². The number of hydrogen-bond acceptors (Lipinski definition) is 3. The van der Waals surface area contributed by atoms with Gasteiger partial charge in [-0.25, -0.2) is 4.98 Å². The first-order chi connectivity index (χ1) is 8.70. The molecule has 3 rings (SSSR count). The molecule has 0 saturated heterocycles. The van der Waals surface area contributed by atoms with E-state index in [4.69, 9.17) is 0 Å². The molecule has 3 aromatic rings. The van der Waals surface area contributed by atoms with E-state index in [0.29, 0.717) is 11.0 Å². The third-order valence-electron chi connectivity index (χ3n) is 3.20. The van der Waals surface area contributed by atoms with Crippen molar-refractivity contribution in [3.63, 3.8) is 0 Å². The molecule has 5 heteroatoms. The van der Waals surface area contributed by atoms with E-state index in [-0.39, 0.29) is 5.56 Å². The number of fused-ring (bicyclic) bond motifs is 1. The van der Waals surface area contributed by atoms with E-state index in [0.717, 1.165) is 16.9 Å². The highest BCUT2D eigenvalue weighted by atomic mass is 16.1. The number of nitrogens with one attached hydrogen (secondary N) is 1. The Bertz CT molecular complexity index is 771. The smallest absolute Gasteiger partial charge is 0.260 e. The van der Waals surface area contributed by atoms with Gasteiger partial charge in [-0.3, -0.25) is 14.3 Å². The second-order valence-electron chi connectivity index (χ2n) is 4.19. The predicted molar refractivity (Wildman–Crippen MR) is 69.0 cm³/mol. The van der Waals surface area contributed by atoms with Crippen molar-refractivity contribution in [2.45, 2.75) is 13.8 Å². The van der Waals surface area contributed by atoms with Gasteiger partial charge in [-0.15, -0.1) is 0 Å². The second kappa shape index (κ2) is 3.80. The molecule has 0 aliphatic heterocycles. The highest BCUT2D eigenvalue weighted by Crippen LogP contribution is 2.23. The van der Waals surface area contributed by atoms with Crippen LogP contribution >= 0.6 is 0 Å². The number of pyridine rings is 1. The van der Waals surface area contributed by atoms with Gasteiger partial charge in [0, 0.05) is 11.9 Å². The first-order valence-corrected chi connectivity index (χ1v) is 5.66. The zero-order chi connectivity index (χ0) is 12.7. The summed E-state index contributed by atoms with van der Waals surface area (Å²) in [6, 6.07) is 3.81. The van der Waals surface area contributed by atoms with Crippen molar-refractivity contribution in [3.8, 4) is 5.69 Å². The van der Waals surface area contributed by atoms with Crippen LogP contribution in [0.2, 0.25) is 0 Å². The van der Waals surface area contributed by atoms with Crippen LogP contribution in [0.1, 0.15) is 11.3 Å². The lowest BCUT2D eigenvalue weighted by Gasteiger charge is -2.06. The van der Waals surface area contributed by atoms with E-state index >= 15 is 0 Å². The molecule has 0 aromatic carbocycles. The summed E-state index contributed by atoms with van der Waals surface area (Å²) < 4.78 is 1.95. The Morgan fingerprint density at radius 3 is 2.89 bits per heavy atom. The monoisotopic (exact) mass is 240 g/mol. The van der Waals surface area contributed by atoms with Crippen LogP contribution in [0, 0.1) is 13.8 Å². The lowest BCUT2D eigenvalue weighted by molar-refractivity contribution is 0.999. The Balaban J connectivity index is 2.48. The van der Waals surface area contributed by atoms with Crippen LogP contribution in [-0.4, -0.2) is 19.5 Å². The Hall–Kier alpha value is -2.43. The summed E-state index contributed by atoms with van der Waals surface area (Å²) >= 11 is 0. The van der Waals surface area contributed by atoms with Crippen molar-refractivity contribution in [1.82, 2.24) is 19.5 Å². The first-order valence-electron chi connectivity index (χ1n) is 5.66. The third kappa shape index (κ3) is 1.37. The summed E-state index contributed by atoms with van der Waals surface area (Å²) in [5.74, 6) is 0. The van der Waals surface area contributed by atoms with Crippen molar-refractivity contribution >= 4 is 11.0 Å². The minimum absolute atomic E-state index is 0.108. The van der Waals surface area contributed by atoms with Gasteiger partial charge in [-0.2, -0.15) is 0 Å². The number of aromatic nitrogens is 4. The van der Waals surface area contributed by atoms with Crippen LogP contribution in [0.25, 0.3) is 16.7 Å². The number of rotatable bonds is 1.